The Kier molecular flexibility index (Phi) is 4.53. The quantitative estimate of drug-likeness (QED) is 0.415. The largest absolute Gasteiger partial charge is 0.492 e. The Morgan fingerprint density at radius 3 is 2.96 bits per heavy atom. The van der Waals surface area contributed by atoms with Gasteiger partial charge in [-0.25, -0.2) is 10.5 Å². The van der Waals surface area contributed by atoms with Crippen molar-refractivity contribution in [3.8, 4) is 5.75 Å². The van der Waals surface area contributed by atoms with Crippen LogP contribution in [0, 0.1) is 0 Å². The number of benzene rings is 2. The summed E-state index contributed by atoms with van der Waals surface area (Å²) in [5, 5.41) is 19.7. The molecule has 0 bridgehead atoms. The predicted octanol–water partition coefficient (Wildman–Crippen LogP) is 1.96. The summed E-state index contributed by atoms with van der Waals surface area (Å²) in [4.78, 5) is 21.2. The molecule has 0 saturated heterocycles. The summed E-state index contributed by atoms with van der Waals surface area (Å²) in [6.07, 6.45) is -0.928. The Hall–Kier alpha value is -2.94. The molecular formula is C19H20N4O4. The monoisotopic (exact) mass is 368 g/mol. The summed E-state index contributed by atoms with van der Waals surface area (Å²) < 4.78 is 5.83. The standard InChI is InChI=1S/C19H20N4O4/c1-11-10-27-16-8-12(18(24)22-26)6-7-13(16)9-23(11)19(25)17-20-14-4-2-3-5-15(14)21-17/h2-8,11,19,25-26H,9-10H2,1H3,(H,20,21)(H,22,24)/t11-,19?/m0/s1. The van der Waals surface area contributed by atoms with Gasteiger partial charge in [0.05, 0.1) is 11.0 Å². The minimum absolute atomic E-state index is 0.0873. The van der Waals surface area contributed by atoms with Crippen LogP contribution < -0.4 is 10.2 Å². The smallest absolute Gasteiger partial charge is 0.274 e. The average Bonchev–Trinajstić information content (AvgIpc) is 3.06. The number of aromatic nitrogens is 2. The second-order valence-electron chi connectivity index (χ2n) is 6.61. The molecule has 27 heavy (non-hydrogen) atoms. The SMILES string of the molecule is C[C@H]1COc2cc(C(=O)NO)ccc2CN1C(O)c1nc2ccccc2[nH]1. The molecule has 8 heteroatoms. The number of rotatable bonds is 3. The normalized spacial score (nSPS) is 18.4. The number of carbonyl (C=O) groups is 1. The number of hydrogen-bond donors (Lipinski definition) is 4. The van der Waals surface area contributed by atoms with E-state index >= 15 is 0 Å². The molecule has 0 saturated carbocycles. The van der Waals surface area contributed by atoms with Gasteiger partial charge < -0.3 is 14.8 Å². The van der Waals surface area contributed by atoms with Crippen LogP contribution in [0.25, 0.3) is 11.0 Å². The van der Waals surface area contributed by atoms with Gasteiger partial charge in [0.2, 0.25) is 0 Å². The number of imidazole rings is 1. The van der Waals surface area contributed by atoms with Crippen LogP contribution in [0.2, 0.25) is 0 Å². The van der Waals surface area contributed by atoms with E-state index in [1.54, 1.807) is 23.7 Å². The van der Waals surface area contributed by atoms with Crippen molar-refractivity contribution in [2.45, 2.75) is 25.7 Å². The molecule has 1 amide bonds. The lowest BCUT2D eigenvalue weighted by Crippen LogP contribution is -2.38. The summed E-state index contributed by atoms with van der Waals surface area (Å²) in [7, 11) is 0. The third-order valence-corrected chi connectivity index (χ3v) is 4.80. The number of aromatic amines is 1. The molecule has 3 aromatic rings. The van der Waals surface area contributed by atoms with E-state index in [0.29, 0.717) is 30.3 Å². The molecule has 140 valence electrons. The third-order valence-electron chi connectivity index (χ3n) is 4.80. The van der Waals surface area contributed by atoms with Crippen LogP contribution >= 0.6 is 0 Å². The van der Waals surface area contributed by atoms with Crippen LogP contribution in [0.3, 0.4) is 0 Å². The Morgan fingerprint density at radius 1 is 1.37 bits per heavy atom. The lowest BCUT2D eigenvalue weighted by Gasteiger charge is -2.29. The fourth-order valence-corrected chi connectivity index (χ4v) is 3.26. The minimum atomic E-state index is -0.928. The zero-order valence-corrected chi connectivity index (χ0v) is 14.7. The molecular weight excluding hydrogens is 348 g/mol. The van der Waals surface area contributed by atoms with Gasteiger partial charge in [-0.2, -0.15) is 0 Å². The highest BCUT2D eigenvalue weighted by Crippen LogP contribution is 2.31. The van der Waals surface area contributed by atoms with Gasteiger partial charge in [-0.1, -0.05) is 18.2 Å². The molecule has 1 aromatic heterocycles. The van der Waals surface area contributed by atoms with E-state index in [2.05, 4.69) is 9.97 Å². The second-order valence-corrected chi connectivity index (χ2v) is 6.61. The van der Waals surface area contributed by atoms with Crippen molar-refractivity contribution in [3.63, 3.8) is 0 Å². The summed E-state index contributed by atoms with van der Waals surface area (Å²) >= 11 is 0. The zero-order valence-electron chi connectivity index (χ0n) is 14.7. The van der Waals surface area contributed by atoms with Gasteiger partial charge in [0.15, 0.2) is 12.1 Å². The highest BCUT2D eigenvalue weighted by atomic mass is 16.5. The maximum atomic E-state index is 11.6. The van der Waals surface area contributed by atoms with Gasteiger partial charge in [-0.05, 0) is 31.2 Å². The van der Waals surface area contributed by atoms with Crippen LogP contribution in [0.5, 0.6) is 5.75 Å². The van der Waals surface area contributed by atoms with Crippen molar-refractivity contribution >= 4 is 16.9 Å². The molecule has 1 unspecified atom stereocenters. The van der Waals surface area contributed by atoms with Crippen LogP contribution in [-0.4, -0.2) is 43.7 Å². The Balaban J connectivity index is 1.63. The Labute approximate surface area is 155 Å². The average molecular weight is 368 g/mol. The first-order valence-corrected chi connectivity index (χ1v) is 8.65. The molecule has 4 N–H and O–H groups in total. The van der Waals surface area contributed by atoms with Crippen LogP contribution in [0.1, 0.15) is 34.9 Å². The van der Waals surface area contributed by atoms with Crippen LogP contribution in [-0.2, 0) is 6.54 Å². The minimum Gasteiger partial charge on any atom is -0.492 e. The number of fused-ring (bicyclic) bond motifs is 2. The van der Waals surface area contributed by atoms with Crippen LogP contribution in [0.4, 0.5) is 0 Å². The van der Waals surface area contributed by atoms with Crippen molar-refractivity contribution in [2.24, 2.45) is 0 Å². The maximum absolute atomic E-state index is 11.6. The number of nitrogens with zero attached hydrogens (tertiary/aromatic N) is 2. The molecule has 2 atom stereocenters. The maximum Gasteiger partial charge on any atom is 0.274 e. The van der Waals surface area contributed by atoms with Crippen molar-refractivity contribution in [2.75, 3.05) is 6.61 Å². The van der Waals surface area contributed by atoms with E-state index in [9.17, 15) is 9.90 Å². The van der Waals surface area contributed by atoms with Gasteiger partial charge in [0.25, 0.3) is 5.91 Å². The first-order valence-electron chi connectivity index (χ1n) is 8.65. The predicted molar refractivity (Wildman–Crippen MR) is 97.2 cm³/mol. The number of aliphatic hydroxyl groups is 1. The fourth-order valence-electron chi connectivity index (χ4n) is 3.26. The molecule has 1 aliphatic rings. The first-order chi connectivity index (χ1) is 13.1. The topological polar surface area (TPSA) is 111 Å². The molecule has 0 fully saturated rings. The number of nitrogens with one attached hydrogen (secondary N) is 2. The van der Waals surface area contributed by atoms with E-state index in [-0.39, 0.29) is 6.04 Å². The zero-order chi connectivity index (χ0) is 19.0. The number of H-pyrrole nitrogens is 1. The van der Waals surface area contributed by atoms with Crippen molar-refractivity contribution in [1.29, 1.82) is 0 Å². The van der Waals surface area contributed by atoms with Gasteiger partial charge in [0.1, 0.15) is 12.4 Å². The molecule has 0 radical (unpaired) electrons. The summed E-state index contributed by atoms with van der Waals surface area (Å²) in [6, 6.07) is 12.5. The van der Waals surface area contributed by atoms with E-state index in [0.717, 1.165) is 16.6 Å². The lowest BCUT2D eigenvalue weighted by molar-refractivity contribution is -0.0393. The third kappa shape index (κ3) is 3.25. The van der Waals surface area contributed by atoms with Gasteiger partial charge >= 0.3 is 0 Å². The molecule has 1 aliphatic heterocycles. The first kappa shape index (κ1) is 17.5. The summed E-state index contributed by atoms with van der Waals surface area (Å²) in [6.45, 7) is 2.73. The number of para-hydroxylation sites is 2. The molecule has 2 heterocycles. The van der Waals surface area contributed by atoms with E-state index in [1.165, 1.54) is 0 Å². The van der Waals surface area contributed by atoms with Gasteiger partial charge in [0, 0.05) is 23.7 Å². The number of hydroxylamine groups is 1. The van der Waals surface area contributed by atoms with Crippen molar-refractivity contribution < 1.29 is 19.8 Å². The van der Waals surface area contributed by atoms with Gasteiger partial charge in [-0.3, -0.25) is 14.9 Å². The molecule has 4 rings (SSSR count). The molecule has 2 aromatic carbocycles. The van der Waals surface area contributed by atoms with Crippen molar-refractivity contribution in [1.82, 2.24) is 20.3 Å². The number of aliphatic hydroxyl groups excluding tert-OH is 1. The van der Waals surface area contributed by atoms with Gasteiger partial charge in [-0.15, -0.1) is 0 Å². The molecule has 0 spiro atoms. The van der Waals surface area contributed by atoms with E-state index in [4.69, 9.17) is 9.94 Å². The van der Waals surface area contributed by atoms with E-state index < -0.39 is 12.1 Å². The highest BCUT2D eigenvalue weighted by molar-refractivity contribution is 5.93. The Morgan fingerprint density at radius 2 is 2.19 bits per heavy atom. The molecule has 8 nitrogen and oxygen atoms in total. The van der Waals surface area contributed by atoms with Crippen LogP contribution in [0.15, 0.2) is 42.5 Å². The van der Waals surface area contributed by atoms with E-state index in [1.807, 2.05) is 36.1 Å². The highest BCUT2D eigenvalue weighted by Gasteiger charge is 2.29. The Bertz CT molecular complexity index is 954. The summed E-state index contributed by atoms with van der Waals surface area (Å²) in [5.74, 6) is 0.433. The second kappa shape index (κ2) is 6.99. The molecule has 0 aliphatic carbocycles. The summed E-state index contributed by atoms with van der Waals surface area (Å²) in [5.41, 5.74) is 4.42. The van der Waals surface area contributed by atoms with Crippen molar-refractivity contribution in [3.05, 3.63) is 59.4 Å². The number of carbonyl (C=O) groups excluding carboxylic acids is 1. The number of hydrogen-bond acceptors (Lipinski definition) is 6. The number of ether oxygens (including phenoxy) is 1. The number of amides is 1. The lowest BCUT2D eigenvalue weighted by atomic mass is 10.1. The fraction of sp³-hybridized carbons (Fsp3) is 0.263.